The van der Waals surface area contributed by atoms with Crippen molar-refractivity contribution >= 4 is 28.9 Å². The van der Waals surface area contributed by atoms with E-state index >= 15 is 0 Å². The second-order valence-corrected chi connectivity index (χ2v) is 7.31. The van der Waals surface area contributed by atoms with Crippen LogP contribution in [-0.2, 0) is 12.8 Å². The van der Waals surface area contributed by atoms with Crippen LogP contribution in [0.1, 0.15) is 29.6 Å². The van der Waals surface area contributed by atoms with Crippen LogP contribution >= 0.6 is 11.6 Å². The van der Waals surface area contributed by atoms with Crippen LogP contribution in [0.5, 0.6) is 5.75 Å². The number of hydrogen-bond donors (Lipinski definition) is 1. The quantitative estimate of drug-likeness (QED) is 0.464. The largest absolute Gasteiger partial charge is 0.495 e. The summed E-state index contributed by atoms with van der Waals surface area (Å²) in [6.07, 6.45) is 1.18. The normalized spacial score (nSPS) is 11.1. The van der Waals surface area contributed by atoms with Crippen LogP contribution < -0.4 is 10.1 Å². The van der Waals surface area contributed by atoms with Crippen molar-refractivity contribution in [2.45, 2.75) is 26.7 Å². The molecular weight excluding hydrogens is 405 g/mol. The molecule has 4 aromatic rings. The van der Waals surface area contributed by atoms with Crippen LogP contribution in [0.2, 0.25) is 5.02 Å². The van der Waals surface area contributed by atoms with Crippen molar-refractivity contribution in [3.05, 3.63) is 75.9 Å². The van der Waals surface area contributed by atoms with Gasteiger partial charge < -0.3 is 10.1 Å². The predicted octanol–water partition coefficient (Wildman–Crippen LogP) is 5.13. The molecule has 1 N–H and O–H groups in total. The molecular formula is C22H21ClFN5O. The number of nitrogens with one attached hydrogen (secondary N) is 1. The van der Waals surface area contributed by atoms with Gasteiger partial charge in [-0.05, 0) is 49.2 Å². The van der Waals surface area contributed by atoms with Gasteiger partial charge in [-0.2, -0.15) is 9.50 Å². The lowest BCUT2D eigenvalue weighted by Crippen LogP contribution is -2.08. The van der Waals surface area contributed by atoms with Crippen LogP contribution in [0.3, 0.4) is 0 Å². The molecule has 0 atom stereocenters. The molecule has 0 fully saturated rings. The summed E-state index contributed by atoms with van der Waals surface area (Å²) in [6.45, 7) is 4.01. The molecule has 0 radical (unpaired) electrons. The third-order valence-corrected chi connectivity index (χ3v) is 5.15. The van der Waals surface area contributed by atoms with Crippen molar-refractivity contribution in [3.63, 3.8) is 0 Å². The summed E-state index contributed by atoms with van der Waals surface area (Å²) in [5.74, 6) is 2.15. The average molecular weight is 426 g/mol. The Kier molecular flexibility index (Phi) is 5.55. The van der Waals surface area contributed by atoms with Crippen LogP contribution in [0.15, 0.2) is 42.5 Å². The SMILES string of the molecule is CCc1c(C)nc2nc(Cc3cccc(F)c3)nn2c1Nc1ccc(OC)c(Cl)c1. The van der Waals surface area contributed by atoms with E-state index in [1.807, 2.05) is 19.1 Å². The summed E-state index contributed by atoms with van der Waals surface area (Å²) < 4.78 is 20.5. The van der Waals surface area contributed by atoms with Crippen molar-refractivity contribution < 1.29 is 9.13 Å². The van der Waals surface area contributed by atoms with E-state index in [0.717, 1.165) is 34.7 Å². The van der Waals surface area contributed by atoms with Gasteiger partial charge in [-0.1, -0.05) is 30.7 Å². The van der Waals surface area contributed by atoms with Gasteiger partial charge in [0.05, 0.1) is 12.1 Å². The first-order chi connectivity index (χ1) is 14.5. The highest BCUT2D eigenvalue weighted by Gasteiger charge is 2.16. The van der Waals surface area contributed by atoms with Crippen molar-refractivity contribution in [3.8, 4) is 5.75 Å². The number of fused-ring (bicyclic) bond motifs is 1. The molecule has 0 saturated heterocycles. The minimum atomic E-state index is -0.280. The fourth-order valence-corrected chi connectivity index (χ4v) is 3.68. The second-order valence-electron chi connectivity index (χ2n) is 6.90. The molecule has 2 aromatic carbocycles. The molecule has 0 aliphatic heterocycles. The van der Waals surface area contributed by atoms with E-state index in [1.165, 1.54) is 12.1 Å². The first-order valence-corrected chi connectivity index (χ1v) is 9.96. The molecule has 8 heteroatoms. The minimum absolute atomic E-state index is 0.280. The van der Waals surface area contributed by atoms with E-state index in [-0.39, 0.29) is 5.82 Å². The number of ether oxygens (including phenoxy) is 1. The zero-order chi connectivity index (χ0) is 21.3. The number of halogens is 2. The molecule has 0 aliphatic rings. The molecule has 0 aliphatic carbocycles. The first kappa shape index (κ1) is 20.1. The number of nitrogens with zero attached hydrogens (tertiary/aromatic N) is 4. The maximum absolute atomic E-state index is 13.5. The van der Waals surface area contributed by atoms with E-state index in [0.29, 0.717) is 28.8 Å². The highest BCUT2D eigenvalue weighted by molar-refractivity contribution is 6.32. The maximum Gasteiger partial charge on any atom is 0.254 e. The Morgan fingerprint density at radius 3 is 2.70 bits per heavy atom. The smallest absolute Gasteiger partial charge is 0.254 e. The Labute approximate surface area is 178 Å². The van der Waals surface area contributed by atoms with Crippen molar-refractivity contribution in [2.75, 3.05) is 12.4 Å². The Balaban J connectivity index is 1.76. The third kappa shape index (κ3) is 3.93. The van der Waals surface area contributed by atoms with Gasteiger partial charge in [-0.3, -0.25) is 0 Å². The molecule has 0 unspecified atom stereocenters. The molecule has 0 amide bonds. The molecule has 0 saturated carbocycles. The fraction of sp³-hybridized carbons (Fsp3) is 0.227. The molecule has 0 bridgehead atoms. The average Bonchev–Trinajstić information content (AvgIpc) is 3.10. The van der Waals surface area contributed by atoms with Gasteiger partial charge in [0.2, 0.25) is 0 Å². The summed E-state index contributed by atoms with van der Waals surface area (Å²) in [5.41, 5.74) is 3.49. The highest BCUT2D eigenvalue weighted by Crippen LogP contribution is 2.30. The zero-order valence-electron chi connectivity index (χ0n) is 16.9. The topological polar surface area (TPSA) is 64.3 Å². The molecule has 6 nitrogen and oxygen atoms in total. The van der Waals surface area contributed by atoms with Gasteiger partial charge in [0.25, 0.3) is 5.78 Å². The Morgan fingerprint density at radius 2 is 2.00 bits per heavy atom. The van der Waals surface area contributed by atoms with Gasteiger partial charge >= 0.3 is 0 Å². The maximum atomic E-state index is 13.5. The Bertz CT molecular complexity index is 1220. The van der Waals surface area contributed by atoms with Gasteiger partial charge in [0.1, 0.15) is 17.4 Å². The van der Waals surface area contributed by atoms with Crippen molar-refractivity contribution in [2.24, 2.45) is 0 Å². The highest BCUT2D eigenvalue weighted by atomic mass is 35.5. The van der Waals surface area contributed by atoms with Gasteiger partial charge in [0.15, 0.2) is 5.82 Å². The van der Waals surface area contributed by atoms with Gasteiger partial charge in [-0.25, -0.2) is 9.37 Å². The van der Waals surface area contributed by atoms with E-state index in [2.05, 4.69) is 27.3 Å². The lowest BCUT2D eigenvalue weighted by Gasteiger charge is -2.15. The molecule has 4 rings (SSSR count). The molecule has 30 heavy (non-hydrogen) atoms. The summed E-state index contributed by atoms with van der Waals surface area (Å²) in [5, 5.41) is 8.55. The van der Waals surface area contributed by atoms with E-state index in [1.54, 1.807) is 29.8 Å². The van der Waals surface area contributed by atoms with Crippen LogP contribution in [0.4, 0.5) is 15.9 Å². The molecule has 2 aromatic heterocycles. The summed E-state index contributed by atoms with van der Waals surface area (Å²) in [4.78, 5) is 9.16. The summed E-state index contributed by atoms with van der Waals surface area (Å²) >= 11 is 6.28. The minimum Gasteiger partial charge on any atom is -0.495 e. The number of benzene rings is 2. The number of rotatable bonds is 6. The standard InChI is InChI=1S/C22H21ClFN5O/c1-4-17-13(2)25-22-27-20(11-14-6-5-7-15(24)10-14)28-29(22)21(17)26-16-8-9-19(30-3)18(23)12-16/h5-10,12,26H,4,11H2,1-3H3. The lowest BCUT2D eigenvalue weighted by molar-refractivity contribution is 0.415. The monoisotopic (exact) mass is 425 g/mol. The number of hydrogen-bond acceptors (Lipinski definition) is 5. The molecule has 154 valence electrons. The summed E-state index contributed by atoms with van der Waals surface area (Å²) in [7, 11) is 1.58. The Hall–Kier alpha value is -3.19. The van der Waals surface area contributed by atoms with E-state index in [9.17, 15) is 4.39 Å². The van der Waals surface area contributed by atoms with E-state index in [4.69, 9.17) is 16.3 Å². The van der Waals surface area contributed by atoms with Gasteiger partial charge in [0, 0.05) is 23.4 Å². The Morgan fingerprint density at radius 1 is 1.17 bits per heavy atom. The van der Waals surface area contributed by atoms with Crippen LogP contribution in [-0.4, -0.2) is 26.7 Å². The molecule has 0 spiro atoms. The summed E-state index contributed by atoms with van der Waals surface area (Å²) in [6, 6.07) is 11.9. The lowest BCUT2D eigenvalue weighted by atomic mass is 10.1. The number of anilines is 2. The molecule has 2 heterocycles. The predicted molar refractivity (Wildman–Crippen MR) is 115 cm³/mol. The van der Waals surface area contributed by atoms with E-state index < -0.39 is 0 Å². The van der Waals surface area contributed by atoms with Crippen LogP contribution in [0, 0.1) is 12.7 Å². The fourth-order valence-electron chi connectivity index (χ4n) is 3.42. The zero-order valence-corrected chi connectivity index (χ0v) is 17.7. The number of methoxy groups -OCH3 is 1. The first-order valence-electron chi connectivity index (χ1n) is 9.58. The number of aryl methyl sites for hydroxylation is 1. The van der Waals surface area contributed by atoms with Crippen molar-refractivity contribution in [1.29, 1.82) is 0 Å². The number of aromatic nitrogens is 4. The second kappa shape index (κ2) is 8.28. The van der Waals surface area contributed by atoms with Crippen LogP contribution in [0.25, 0.3) is 5.78 Å². The van der Waals surface area contributed by atoms with Gasteiger partial charge in [-0.15, -0.1) is 5.10 Å². The van der Waals surface area contributed by atoms with Crippen molar-refractivity contribution in [1.82, 2.24) is 19.6 Å². The third-order valence-electron chi connectivity index (χ3n) is 4.86.